The van der Waals surface area contributed by atoms with Crippen LogP contribution >= 0.6 is 0 Å². The Labute approximate surface area is 192 Å². The maximum Gasteiger partial charge on any atom is 0.295 e. The molecular weight excluding hydrogens is 424 g/mol. The molecule has 172 valence electrons. The van der Waals surface area contributed by atoms with E-state index in [-0.39, 0.29) is 11.3 Å². The molecule has 0 bridgehead atoms. The molecule has 2 aromatic rings. The van der Waals surface area contributed by atoms with Gasteiger partial charge in [-0.15, -0.1) is 0 Å². The fourth-order valence-corrected chi connectivity index (χ4v) is 4.51. The van der Waals surface area contributed by atoms with Crippen LogP contribution in [0.5, 0.6) is 11.5 Å². The van der Waals surface area contributed by atoms with E-state index in [0.717, 1.165) is 18.7 Å². The standard InChI is InChI=1S/C25H26N2O6/c28-23(18-6-7-19-20(16-18)33-15-14-32-19)21-22(17-4-2-1-3-5-17)27(25(30)24(21)29)9-8-26-10-12-31-13-11-26/h1-7,16,22,28H,8-15H2/t22-/m1/s1. The third kappa shape index (κ3) is 4.19. The van der Waals surface area contributed by atoms with Gasteiger partial charge in [0.05, 0.1) is 24.8 Å². The van der Waals surface area contributed by atoms with Crippen molar-refractivity contribution < 1.29 is 28.9 Å². The van der Waals surface area contributed by atoms with Crippen LogP contribution in [0.15, 0.2) is 54.1 Å². The highest BCUT2D eigenvalue weighted by Gasteiger charge is 2.46. The predicted molar refractivity (Wildman–Crippen MR) is 120 cm³/mol. The molecule has 2 aromatic carbocycles. The van der Waals surface area contributed by atoms with Crippen LogP contribution < -0.4 is 9.47 Å². The molecule has 0 unspecified atom stereocenters. The first kappa shape index (κ1) is 21.5. The number of carbonyl (C=O) groups is 2. The molecule has 5 rings (SSSR count). The molecule has 1 atom stereocenters. The molecule has 0 saturated carbocycles. The second-order valence-electron chi connectivity index (χ2n) is 8.22. The lowest BCUT2D eigenvalue weighted by Crippen LogP contribution is -2.42. The number of aliphatic hydroxyl groups is 1. The number of carbonyl (C=O) groups excluding carboxylic acids is 2. The number of benzene rings is 2. The van der Waals surface area contributed by atoms with Crippen LogP contribution in [0.3, 0.4) is 0 Å². The van der Waals surface area contributed by atoms with Gasteiger partial charge in [-0.05, 0) is 23.8 Å². The predicted octanol–water partition coefficient (Wildman–Crippen LogP) is 2.21. The average Bonchev–Trinajstić information content (AvgIpc) is 3.12. The molecular formula is C25H26N2O6. The number of likely N-dealkylation sites (tertiary alicyclic amines) is 1. The second-order valence-corrected chi connectivity index (χ2v) is 8.22. The average molecular weight is 450 g/mol. The van der Waals surface area contributed by atoms with E-state index in [4.69, 9.17) is 14.2 Å². The molecule has 3 aliphatic heterocycles. The summed E-state index contributed by atoms with van der Waals surface area (Å²) in [7, 11) is 0. The summed E-state index contributed by atoms with van der Waals surface area (Å²) in [4.78, 5) is 30.0. The summed E-state index contributed by atoms with van der Waals surface area (Å²) in [5.74, 6) is -0.408. The van der Waals surface area contributed by atoms with Crippen LogP contribution in [0.4, 0.5) is 0 Å². The lowest BCUT2D eigenvalue weighted by Gasteiger charge is -2.31. The van der Waals surface area contributed by atoms with Gasteiger partial charge in [-0.1, -0.05) is 30.3 Å². The summed E-state index contributed by atoms with van der Waals surface area (Å²) in [6.07, 6.45) is 0. The Bertz CT molecular complexity index is 1080. The van der Waals surface area contributed by atoms with Crippen molar-refractivity contribution in [3.05, 3.63) is 65.2 Å². The molecule has 1 N–H and O–H groups in total. The monoisotopic (exact) mass is 450 g/mol. The van der Waals surface area contributed by atoms with E-state index in [1.54, 1.807) is 23.1 Å². The number of amides is 1. The number of hydrogen-bond acceptors (Lipinski definition) is 7. The van der Waals surface area contributed by atoms with Gasteiger partial charge in [-0.3, -0.25) is 14.5 Å². The van der Waals surface area contributed by atoms with Crippen LogP contribution in [-0.4, -0.2) is 79.2 Å². The molecule has 33 heavy (non-hydrogen) atoms. The van der Waals surface area contributed by atoms with Crippen LogP contribution in [0, 0.1) is 0 Å². The number of Topliss-reactive ketones (excluding diaryl/α,β-unsaturated/α-hetero) is 1. The zero-order valence-electron chi connectivity index (χ0n) is 18.2. The fourth-order valence-electron chi connectivity index (χ4n) is 4.51. The number of rotatable bonds is 5. The summed E-state index contributed by atoms with van der Waals surface area (Å²) >= 11 is 0. The van der Waals surface area contributed by atoms with E-state index < -0.39 is 17.7 Å². The zero-order valence-corrected chi connectivity index (χ0v) is 18.2. The summed E-state index contributed by atoms with van der Waals surface area (Å²) in [5, 5.41) is 11.2. The minimum absolute atomic E-state index is 0.0878. The number of ketones is 1. The number of hydrogen-bond donors (Lipinski definition) is 1. The van der Waals surface area contributed by atoms with Crippen molar-refractivity contribution in [2.75, 3.05) is 52.6 Å². The van der Waals surface area contributed by atoms with Crippen molar-refractivity contribution in [2.45, 2.75) is 6.04 Å². The minimum atomic E-state index is -0.682. The molecule has 8 nitrogen and oxygen atoms in total. The number of fused-ring (bicyclic) bond motifs is 1. The van der Waals surface area contributed by atoms with E-state index >= 15 is 0 Å². The molecule has 8 heteroatoms. The SMILES string of the molecule is O=C1C(=O)N(CCN2CCOCC2)[C@H](c2ccccc2)C1=C(O)c1ccc2c(c1)OCCO2. The van der Waals surface area contributed by atoms with Crippen LogP contribution in [0.2, 0.25) is 0 Å². The van der Waals surface area contributed by atoms with E-state index in [1.807, 2.05) is 30.3 Å². The molecule has 0 spiro atoms. The van der Waals surface area contributed by atoms with Crippen molar-refractivity contribution in [3.63, 3.8) is 0 Å². The van der Waals surface area contributed by atoms with Crippen LogP contribution in [-0.2, 0) is 14.3 Å². The second kappa shape index (κ2) is 9.25. The maximum atomic E-state index is 13.2. The number of aliphatic hydroxyl groups excluding tert-OH is 1. The Hall–Kier alpha value is -3.36. The molecule has 0 radical (unpaired) electrons. The Morgan fingerprint density at radius 2 is 1.64 bits per heavy atom. The highest BCUT2D eigenvalue weighted by Crippen LogP contribution is 2.40. The molecule has 1 amide bonds. The fraction of sp³-hybridized carbons (Fsp3) is 0.360. The van der Waals surface area contributed by atoms with Gasteiger partial charge in [0.1, 0.15) is 19.0 Å². The smallest absolute Gasteiger partial charge is 0.295 e. The summed E-state index contributed by atoms with van der Waals surface area (Å²) in [6.45, 7) is 4.77. The van der Waals surface area contributed by atoms with E-state index in [9.17, 15) is 14.7 Å². The molecule has 3 aliphatic rings. The Balaban J connectivity index is 1.52. The third-order valence-corrected chi connectivity index (χ3v) is 6.23. The lowest BCUT2D eigenvalue weighted by atomic mass is 9.95. The minimum Gasteiger partial charge on any atom is -0.507 e. The molecule has 3 heterocycles. The topological polar surface area (TPSA) is 88.5 Å². The Morgan fingerprint density at radius 1 is 0.909 bits per heavy atom. The van der Waals surface area contributed by atoms with Gasteiger partial charge >= 0.3 is 0 Å². The van der Waals surface area contributed by atoms with Crippen molar-refractivity contribution in [1.82, 2.24) is 9.80 Å². The zero-order chi connectivity index (χ0) is 22.8. The maximum absolute atomic E-state index is 13.2. The number of nitrogens with zero attached hydrogens (tertiary/aromatic N) is 2. The van der Waals surface area contributed by atoms with Gasteiger partial charge in [0.15, 0.2) is 11.5 Å². The lowest BCUT2D eigenvalue weighted by molar-refractivity contribution is -0.140. The number of ether oxygens (including phenoxy) is 3. The van der Waals surface area contributed by atoms with Gasteiger partial charge in [-0.2, -0.15) is 0 Å². The van der Waals surface area contributed by atoms with Gasteiger partial charge in [0.2, 0.25) is 0 Å². The van der Waals surface area contributed by atoms with Crippen molar-refractivity contribution in [2.24, 2.45) is 0 Å². The van der Waals surface area contributed by atoms with Crippen molar-refractivity contribution >= 4 is 17.4 Å². The highest BCUT2D eigenvalue weighted by atomic mass is 16.6. The molecule has 0 aliphatic carbocycles. The van der Waals surface area contributed by atoms with Crippen LogP contribution in [0.25, 0.3) is 5.76 Å². The first-order valence-corrected chi connectivity index (χ1v) is 11.2. The summed E-state index contributed by atoms with van der Waals surface area (Å²) in [6, 6.07) is 13.7. The van der Waals surface area contributed by atoms with Gasteiger partial charge in [0, 0.05) is 31.7 Å². The largest absolute Gasteiger partial charge is 0.507 e. The normalized spacial score (nSPS) is 22.5. The van der Waals surface area contributed by atoms with Crippen molar-refractivity contribution in [3.8, 4) is 11.5 Å². The van der Waals surface area contributed by atoms with E-state index in [0.29, 0.717) is 56.6 Å². The quantitative estimate of drug-likeness (QED) is 0.425. The van der Waals surface area contributed by atoms with Gasteiger partial charge < -0.3 is 24.2 Å². The molecule has 0 aromatic heterocycles. The Kier molecular flexibility index (Phi) is 6.02. The van der Waals surface area contributed by atoms with E-state index in [2.05, 4.69) is 4.90 Å². The van der Waals surface area contributed by atoms with Gasteiger partial charge in [0.25, 0.3) is 11.7 Å². The van der Waals surface area contributed by atoms with Crippen LogP contribution in [0.1, 0.15) is 17.2 Å². The first-order chi connectivity index (χ1) is 16.1. The first-order valence-electron chi connectivity index (χ1n) is 11.2. The number of morpholine rings is 1. The van der Waals surface area contributed by atoms with Gasteiger partial charge in [-0.25, -0.2) is 0 Å². The Morgan fingerprint density at radius 3 is 2.39 bits per heavy atom. The van der Waals surface area contributed by atoms with E-state index in [1.165, 1.54) is 0 Å². The molecule has 2 saturated heterocycles. The highest BCUT2D eigenvalue weighted by molar-refractivity contribution is 6.46. The van der Waals surface area contributed by atoms with Crippen molar-refractivity contribution in [1.29, 1.82) is 0 Å². The molecule has 2 fully saturated rings. The summed E-state index contributed by atoms with van der Waals surface area (Å²) in [5.41, 5.74) is 1.27. The third-order valence-electron chi connectivity index (χ3n) is 6.23. The summed E-state index contributed by atoms with van der Waals surface area (Å²) < 4.78 is 16.6.